The van der Waals surface area contributed by atoms with E-state index in [-0.39, 0.29) is 11.8 Å². The van der Waals surface area contributed by atoms with E-state index in [0.29, 0.717) is 19.6 Å². The second-order valence-corrected chi connectivity index (χ2v) is 6.55. The zero-order valence-electron chi connectivity index (χ0n) is 13.0. The van der Waals surface area contributed by atoms with Gasteiger partial charge in [0.2, 0.25) is 0 Å². The van der Waals surface area contributed by atoms with E-state index in [1.807, 2.05) is 24.4 Å². The molecule has 0 spiro atoms. The average Bonchev–Trinajstić information content (AvgIpc) is 2.99. The monoisotopic (exact) mass is 329 g/mol. The van der Waals surface area contributed by atoms with Crippen molar-refractivity contribution in [3.63, 3.8) is 0 Å². The highest BCUT2D eigenvalue weighted by Gasteiger charge is 2.17. The van der Waals surface area contributed by atoms with Crippen LogP contribution in [0.3, 0.4) is 0 Å². The lowest BCUT2D eigenvalue weighted by molar-refractivity contribution is 0.202. The van der Waals surface area contributed by atoms with Crippen molar-refractivity contribution in [3.8, 4) is 5.75 Å². The average molecular weight is 329 g/mol. The van der Waals surface area contributed by atoms with Gasteiger partial charge in [-0.1, -0.05) is 18.2 Å². The molecule has 120 valence electrons. The number of aryl methyl sites for hydroxylation is 1. The van der Waals surface area contributed by atoms with Gasteiger partial charge in [0.1, 0.15) is 5.75 Å². The maximum Gasteiger partial charge on any atom is 0.318 e. The Labute approximate surface area is 139 Å². The van der Waals surface area contributed by atoms with Gasteiger partial charge in [-0.2, -0.15) is 0 Å². The minimum atomic E-state index is -0.0586. The number of phenolic OH excluding ortho intramolecular Hbond substituents is 1. The summed E-state index contributed by atoms with van der Waals surface area (Å²) >= 11 is 1.59. The molecule has 6 heteroatoms. The summed E-state index contributed by atoms with van der Waals surface area (Å²) < 4.78 is 0. The Morgan fingerprint density at radius 3 is 2.78 bits per heavy atom. The summed E-state index contributed by atoms with van der Waals surface area (Å²) in [5.74, 6) is 0.267. The van der Waals surface area contributed by atoms with Gasteiger partial charge < -0.3 is 15.3 Å². The third-order valence-electron chi connectivity index (χ3n) is 3.82. The lowest BCUT2D eigenvalue weighted by Crippen LogP contribution is -2.41. The normalized spacial score (nSPS) is 14.5. The van der Waals surface area contributed by atoms with Gasteiger partial charge in [0.15, 0.2) is 0 Å². The van der Waals surface area contributed by atoms with E-state index in [1.165, 1.54) is 5.57 Å². The predicted molar refractivity (Wildman–Crippen MR) is 91.4 cm³/mol. The van der Waals surface area contributed by atoms with E-state index in [1.54, 1.807) is 28.4 Å². The molecule has 5 nitrogen and oxygen atoms in total. The Bertz CT molecular complexity index is 722. The smallest absolute Gasteiger partial charge is 0.318 e. The number of aromatic hydroxyl groups is 1. The zero-order valence-corrected chi connectivity index (χ0v) is 13.8. The van der Waals surface area contributed by atoms with Crippen molar-refractivity contribution in [3.05, 3.63) is 52.0 Å². The Morgan fingerprint density at radius 1 is 1.39 bits per heavy atom. The molecule has 2 aromatic rings. The van der Waals surface area contributed by atoms with Gasteiger partial charge in [-0.15, -0.1) is 11.3 Å². The van der Waals surface area contributed by atoms with Crippen LogP contribution in [0.2, 0.25) is 0 Å². The number of aromatic nitrogens is 1. The summed E-state index contributed by atoms with van der Waals surface area (Å²) in [4.78, 5) is 18.3. The lowest BCUT2D eigenvalue weighted by atomic mass is 9.99. The number of carbonyl (C=O) groups is 1. The molecule has 0 saturated carbocycles. The molecule has 23 heavy (non-hydrogen) atoms. The summed E-state index contributed by atoms with van der Waals surface area (Å²) in [6.45, 7) is 3.71. The van der Waals surface area contributed by atoms with Crippen LogP contribution in [0, 0.1) is 6.92 Å². The van der Waals surface area contributed by atoms with Crippen LogP contribution in [0.25, 0.3) is 5.57 Å². The molecule has 1 aromatic heterocycles. The van der Waals surface area contributed by atoms with Crippen molar-refractivity contribution in [2.45, 2.75) is 19.9 Å². The van der Waals surface area contributed by atoms with Gasteiger partial charge in [-0.3, -0.25) is 0 Å². The van der Waals surface area contributed by atoms with Crippen molar-refractivity contribution in [1.82, 2.24) is 15.2 Å². The first-order chi connectivity index (χ1) is 11.1. The number of carbonyl (C=O) groups excluding carboxylic acids is 1. The topological polar surface area (TPSA) is 65.5 Å². The van der Waals surface area contributed by atoms with E-state index < -0.39 is 0 Å². The number of benzene rings is 1. The highest BCUT2D eigenvalue weighted by atomic mass is 32.1. The number of rotatable bonds is 3. The summed E-state index contributed by atoms with van der Waals surface area (Å²) in [5.41, 5.74) is 3.21. The van der Waals surface area contributed by atoms with Gasteiger partial charge in [0, 0.05) is 18.5 Å². The second-order valence-electron chi connectivity index (χ2n) is 5.49. The molecule has 2 amide bonds. The summed E-state index contributed by atoms with van der Waals surface area (Å²) in [6.07, 6.45) is 2.89. The minimum absolute atomic E-state index is 0.0586. The van der Waals surface area contributed by atoms with Crippen molar-refractivity contribution < 1.29 is 9.90 Å². The predicted octanol–water partition coefficient (Wildman–Crippen LogP) is 3.16. The SMILES string of the molecule is Cc1nc(CNC(=O)N2CC=C(c3ccc(O)cc3)CC2)cs1. The molecular weight excluding hydrogens is 310 g/mol. The van der Waals surface area contributed by atoms with Gasteiger partial charge in [-0.05, 0) is 36.6 Å². The Hall–Kier alpha value is -2.34. The standard InChI is InChI=1S/C17H19N3O2S/c1-12-19-15(11-23-12)10-18-17(22)20-8-6-14(7-9-20)13-2-4-16(21)5-3-13/h2-6,11,21H,7-10H2,1H3,(H,18,22). The van der Waals surface area contributed by atoms with Gasteiger partial charge in [0.25, 0.3) is 0 Å². The number of phenols is 1. The van der Waals surface area contributed by atoms with Crippen LogP contribution >= 0.6 is 11.3 Å². The van der Waals surface area contributed by atoms with Crippen molar-refractivity contribution >= 4 is 22.9 Å². The van der Waals surface area contributed by atoms with Crippen LogP contribution in [0.15, 0.2) is 35.7 Å². The zero-order chi connectivity index (χ0) is 16.2. The quantitative estimate of drug-likeness (QED) is 0.909. The van der Waals surface area contributed by atoms with Crippen molar-refractivity contribution in [2.24, 2.45) is 0 Å². The molecule has 0 bridgehead atoms. The first-order valence-corrected chi connectivity index (χ1v) is 8.42. The number of urea groups is 1. The molecule has 1 aliphatic rings. The maximum atomic E-state index is 12.2. The molecule has 0 radical (unpaired) electrons. The fourth-order valence-corrected chi connectivity index (χ4v) is 3.17. The molecular formula is C17H19N3O2S. The molecule has 2 heterocycles. The van der Waals surface area contributed by atoms with Crippen LogP contribution in [0.1, 0.15) is 22.7 Å². The van der Waals surface area contributed by atoms with E-state index in [2.05, 4.69) is 16.4 Å². The van der Waals surface area contributed by atoms with Gasteiger partial charge in [-0.25, -0.2) is 9.78 Å². The second kappa shape index (κ2) is 6.83. The van der Waals surface area contributed by atoms with Gasteiger partial charge in [0.05, 0.1) is 17.2 Å². The lowest BCUT2D eigenvalue weighted by Gasteiger charge is -2.26. The minimum Gasteiger partial charge on any atom is -0.508 e. The number of hydrogen-bond donors (Lipinski definition) is 2. The summed E-state index contributed by atoms with van der Waals surface area (Å²) in [5, 5.41) is 15.2. The molecule has 0 saturated heterocycles. The Balaban J connectivity index is 1.55. The van der Waals surface area contributed by atoms with Gasteiger partial charge >= 0.3 is 6.03 Å². The Kier molecular flexibility index (Phi) is 4.62. The Morgan fingerprint density at radius 2 is 2.17 bits per heavy atom. The number of nitrogens with one attached hydrogen (secondary N) is 1. The summed E-state index contributed by atoms with van der Waals surface area (Å²) in [6, 6.07) is 7.12. The first-order valence-electron chi connectivity index (χ1n) is 7.54. The molecule has 0 fully saturated rings. The largest absolute Gasteiger partial charge is 0.508 e. The summed E-state index contributed by atoms with van der Waals surface area (Å²) in [7, 11) is 0. The molecule has 1 aliphatic heterocycles. The van der Waals surface area contributed by atoms with Crippen LogP contribution in [0.5, 0.6) is 5.75 Å². The molecule has 0 atom stereocenters. The fraction of sp³-hybridized carbons (Fsp3) is 0.294. The van der Waals surface area contributed by atoms with Crippen molar-refractivity contribution in [1.29, 1.82) is 0 Å². The molecule has 0 unspecified atom stereocenters. The number of nitrogens with zero attached hydrogens (tertiary/aromatic N) is 2. The van der Waals surface area contributed by atoms with Crippen LogP contribution in [-0.4, -0.2) is 34.1 Å². The van der Waals surface area contributed by atoms with Crippen LogP contribution in [0.4, 0.5) is 4.79 Å². The van der Waals surface area contributed by atoms with E-state index in [0.717, 1.165) is 22.7 Å². The maximum absolute atomic E-state index is 12.2. The number of amides is 2. The van der Waals surface area contributed by atoms with E-state index >= 15 is 0 Å². The number of hydrogen-bond acceptors (Lipinski definition) is 4. The van der Waals surface area contributed by atoms with E-state index in [9.17, 15) is 9.90 Å². The molecule has 0 aliphatic carbocycles. The fourth-order valence-electron chi connectivity index (χ4n) is 2.56. The molecule has 1 aromatic carbocycles. The van der Waals surface area contributed by atoms with Crippen LogP contribution in [-0.2, 0) is 6.54 Å². The molecule has 2 N–H and O–H groups in total. The first kappa shape index (κ1) is 15.6. The van der Waals surface area contributed by atoms with Crippen LogP contribution < -0.4 is 5.32 Å². The molecule has 3 rings (SSSR count). The highest BCUT2D eigenvalue weighted by Crippen LogP contribution is 2.24. The number of thiazole rings is 1. The highest BCUT2D eigenvalue weighted by molar-refractivity contribution is 7.09. The van der Waals surface area contributed by atoms with E-state index in [4.69, 9.17) is 0 Å². The van der Waals surface area contributed by atoms with Crippen molar-refractivity contribution in [2.75, 3.05) is 13.1 Å². The third-order valence-corrected chi connectivity index (χ3v) is 4.64. The third kappa shape index (κ3) is 3.90.